The maximum absolute atomic E-state index is 9.24. The normalized spacial score (nSPS) is 7.00. The summed E-state index contributed by atoms with van der Waals surface area (Å²) in [6, 6.07) is 0. The van der Waals surface area contributed by atoms with E-state index >= 15 is 0 Å². The van der Waals surface area contributed by atoms with Gasteiger partial charge in [-0.1, -0.05) is 0 Å². The summed E-state index contributed by atoms with van der Waals surface area (Å²) in [4.78, 5) is 18.5. The van der Waals surface area contributed by atoms with Crippen molar-refractivity contribution in [2.24, 2.45) is 11.5 Å². The van der Waals surface area contributed by atoms with Gasteiger partial charge >= 0.3 is 84.8 Å². The first-order chi connectivity index (χ1) is 6.45. The minimum atomic E-state index is -0.968. The molecule has 82 valence electrons. The molecule has 0 aromatic rings. The summed E-state index contributed by atoms with van der Waals surface area (Å²) < 4.78 is 1.01. The molecule has 0 bridgehead atoms. The van der Waals surface area contributed by atoms with Gasteiger partial charge in [0.25, 0.3) is 0 Å². The quantitative estimate of drug-likeness (QED) is 0.331. The first-order valence-electron chi connectivity index (χ1n) is 3.90. The van der Waals surface area contributed by atoms with Gasteiger partial charge in [0, 0.05) is 0 Å². The van der Waals surface area contributed by atoms with E-state index in [2.05, 4.69) is 11.5 Å². The number of rotatable bonds is 3. The number of aliphatic hydroxyl groups excluding tert-OH is 1. The van der Waals surface area contributed by atoms with Crippen molar-refractivity contribution in [2.75, 3.05) is 19.7 Å². The average molecular weight is 242 g/mol. The molecule has 0 radical (unpaired) electrons. The van der Waals surface area contributed by atoms with Gasteiger partial charge < -0.3 is 21.7 Å². The van der Waals surface area contributed by atoms with Crippen molar-refractivity contribution in [3.63, 3.8) is 0 Å². The fourth-order valence-electron chi connectivity index (χ4n) is 0. The van der Waals surface area contributed by atoms with Crippen LogP contribution in [0.5, 0.6) is 0 Å². The molecule has 15 heavy (non-hydrogen) atoms. The Morgan fingerprint density at radius 3 is 1.20 bits per heavy atom. The molecule has 0 aromatic carbocycles. The van der Waals surface area contributed by atoms with E-state index in [-0.39, 0.29) is 42.6 Å². The number of aliphatic hydroxyl groups is 1. The Morgan fingerprint density at radius 1 is 1.07 bits per heavy atom. The van der Waals surface area contributed by atoms with Crippen molar-refractivity contribution < 1.29 is 24.9 Å². The molecule has 0 aromatic heterocycles. The van der Waals surface area contributed by atoms with Crippen LogP contribution in [-0.2, 0) is 9.59 Å². The summed E-state index contributed by atoms with van der Waals surface area (Å²) >= 11 is 1.14. The van der Waals surface area contributed by atoms with Crippen LogP contribution in [0.15, 0.2) is 0 Å². The molecule has 0 heterocycles. The van der Waals surface area contributed by atoms with Crippen molar-refractivity contribution in [2.45, 2.75) is 3.67 Å². The van der Waals surface area contributed by atoms with Gasteiger partial charge in [-0.25, -0.2) is 0 Å². The molecule has 0 atom stereocenters. The van der Waals surface area contributed by atoms with Gasteiger partial charge in [-0.3, -0.25) is 9.59 Å². The van der Waals surface area contributed by atoms with Crippen LogP contribution in [0.1, 0.15) is 0 Å². The predicted octanol–water partition coefficient (Wildman–Crippen LogP) is -3.02. The monoisotopic (exact) mass is 242 g/mol. The average Bonchev–Trinajstić information content (AvgIpc) is 2.19. The van der Waals surface area contributed by atoms with Crippen molar-refractivity contribution in [1.29, 1.82) is 0 Å². The van der Waals surface area contributed by atoms with Gasteiger partial charge in [-0.15, -0.1) is 0 Å². The molecular formula is C6H16N2Na2O5. The third kappa shape index (κ3) is 71.9. The second-order valence-corrected chi connectivity index (χ2v) is 2.92. The number of hydrogen-bond donors (Lipinski definition) is 5. The molecule has 0 saturated heterocycles. The van der Waals surface area contributed by atoms with E-state index in [0.717, 1.165) is 31.6 Å². The van der Waals surface area contributed by atoms with E-state index in [0.29, 0.717) is 6.61 Å². The predicted molar refractivity (Wildman–Crippen MR) is 58.2 cm³/mol. The standard InChI is InChI=1S/2C2H5NO2.C2H5O.2Na.H/c2*3-1-2(4)5;1-2-3;;;/h2*1,3H2,(H,4,5);3H,1-2H2;;;. The van der Waals surface area contributed by atoms with Crippen LogP contribution in [0, 0.1) is 0 Å². The zero-order valence-corrected chi connectivity index (χ0v) is 10.1. The Bertz CT molecular complexity index is 131. The molecule has 7 N–H and O–H groups in total. The Kier molecular flexibility index (Phi) is 40.1. The summed E-state index contributed by atoms with van der Waals surface area (Å²) in [5.41, 5.74) is 9.14. The fourth-order valence-corrected chi connectivity index (χ4v) is 0. The van der Waals surface area contributed by atoms with Crippen molar-refractivity contribution in [3.8, 4) is 0 Å². The number of aliphatic carboxylic acids is 2. The van der Waals surface area contributed by atoms with Crippen LogP contribution in [-0.4, -0.2) is 104 Å². The van der Waals surface area contributed by atoms with E-state index in [1.54, 1.807) is 0 Å². The summed E-state index contributed by atoms with van der Waals surface area (Å²) in [5.74, 6) is -1.94. The van der Waals surface area contributed by atoms with Crippen LogP contribution >= 0.6 is 0 Å². The third-order valence-electron chi connectivity index (χ3n) is 0.573. The van der Waals surface area contributed by atoms with E-state index < -0.39 is 11.9 Å². The topological polar surface area (TPSA) is 147 Å². The Balaban J connectivity index is -0.0000000590. The zero-order chi connectivity index (χ0) is 12.0. The number of nitrogens with two attached hydrogens (primary N) is 2. The number of hydrogen-bond acceptors (Lipinski definition) is 5. The maximum atomic E-state index is 9.24. The summed E-state index contributed by atoms with van der Waals surface area (Å²) in [6.45, 7) is -0.174. The first kappa shape index (κ1) is 24.9. The van der Waals surface area contributed by atoms with Crippen molar-refractivity contribution >= 4 is 69.4 Å². The van der Waals surface area contributed by atoms with E-state index in [1.807, 2.05) is 0 Å². The van der Waals surface area contributed by atoms with Crippen LogP contribution in [0.2, 0.25) is 3.67 Å². The van der Waals surface area contributed by atoms with Crippen LogP contribution in [0.4, 0.5) is 0 Å². The molecule has 0 aliphatic carbocycles. The van der Waals surface area contributed by atoms with Crippen molar-refractivity contribution in [1.82, 2.24) is 0 Å². The summed E-state index contributed by atoms with van der Waals surface area (Å²) in [6.07, 6.45) is 0. The van der Waals surface area contributed by atoms with Gasteiger partial charge in [-0.2, -0.15) is 0 Å². The zero-order valence-electron chi connectivity index (χ0n) is 8.14. The van der Waals surface area contributed by atoms with E-state index in [4.69, 9.17) is 15.3 Å². The van der Waals surface area contributed by atoms with Crippen LogP contribution in [0.3, 0.4) is 0 Å². The molecule has 0 saturated carbocycles. The minimum absolute atomic E-state index is 0. The van der Waals surface area contributed by atoms with Crippen LogP contribution < -0.4 is 11.5 Å². The molecule has 0 aliphatic rings. The Hall–Kier alpha value is 0.820. The summed E-state index contributed by atoms with van der Waals surface area (Å²) in [5, 5.41) is 23.1. The molecule has 0 unspecified atom stereocenters. The third-order valence-corrected chi connectivity index (χ3v) is 1.02. The van der Waals surface area contributed by atoms with Gasteiger partial charge in [0.05, 0.1) is 13.1 Å². The van der Waals surface area contributed by atoms with E-state index in [1.165, 1.54) is 0 Å². The number of carbonyl (C=O) groups is 2. The molecule has 9 heteroatoms. The first-order valence-corrected chi connectivity index (χ1v) is 5.32. The van der Waals surface area contributed by atoms with E-state index in [9.17, 15) is 9.59 Å². The molecule has 7 nitrogen and oxygen atoms in total. The van der Waals surface area contributed by atoms with Gasteiger partial charge in [0.15, 0.2) is 0 Å². The van der Waals surface area contributed by atoms with Gasteiger partial charge in [-0.05, 0) is 0 Å². The van der Waals surface area contributed by atoms with Gasteiger partial charge in [0.1, 0.15) is 0 Å². The number of carboxylic acid groups (broad SMARTS) is 2. The molecule has 0 aliphatic heterocycles. The fraction of sp³-hybridized carbons (Fsp3) is 0.667. The molecule has 0 rings (SSSR count). The Morgan fingerprint density at radius 2 is 1.20 bits per heavy atom. The SMILES string of the molecule is NCC(=O)O.NCC(=O)O.OC[CH2][Na].[NaH]. The molecule has 0 amide bonds. The molecule has 0 spiro atoms. The second-order valence-electron chi connectivity index (χ2n) is 1.92. The molecular weight excluding hydrogens is 226 g/mol. The second kappa shape index (κ2) is 24.2. The van der Waals surface area contributed by atoms with Gasteiger partial charge in [0.2, 0.25) is 0 Å². The number of carboxylic acids is 2. The Labute approximate surface area is 128 Å². The van der Waals surface area contributed by atoms with Crippen molar-refractivity contribution in [3.05, 3.63) is 0 Å². The summed E-state index contributed by atoms with van der Waals surface area (Å²) in [7, 11) is 0. The van der Waals surface area contributed by atoms with Crippen LogP contribution in [0.25, 0.3) is 0 Å². The molecule has 0 fully saturated rings.